The minimum Gasteiger partial charge on any atom is -0.341 e. The minimum absolute atomic E-state index is 0.116. The summed E-state index contributed by atoms with van der Waals surface area (Å²) in [7, 11) is -3.68. The Morgan fingerprint density at radius 1 is 1.41 bits per heavy atom. The molecule has 1 saturated carbocycles. The van der Waals surface area contributed by atoms with Gasteiger partial charge in [0.15, 0.2) is 0 Å². The maximum Gasteiger partial charge on any atom is 0.250 e. The standard InChI is InChI=1S/C13H18ClN3O3S2/c14-11-3-4-13(21-11)22(19,20)16-5-12(18)17-6-8-1-2-10(15)9(8)7-17/h3-4,8-10,16H,1-2,5-7,15H2. The van der Waals surface area contributed by atoms with E-state index in [1.54, 1.807) is 4.90 Å². The third kappa shape index (κ3) is 3.16. The number of rotatable bonds is 4. The molecule has 1 amide bonds. The van der Waals surface area contributed by atoms with Gasteiger partial charge in [-0.25, -0.2) is 13.1 Å². The fourth-order valence-corrected chi connectivity index (χ4v) is 5.79. The molecule has 2 heterocycles. The number of hydrogen-bond donors (Lipinski definition) is 2. The van der Waals surface area contributed by atoms with E-state index in [1.807, 2.05) is 0 Å². The Morgan fingerprint density at radius 2 is 2.18 bits per heavy atom. The second kappa shape index (κ2) is 6.09. The molecule has 1 aromatic heterocycles. The zero-order valence-electron chi connectivity index (χ0n) is 11.9. The number of carbonyl (C=O) groups is 1. The van der Waals surface area contributed by atoms with Crippen LogP contribution < -0.4 is 10.5 Å². The van der Waals surface area contributed by atoms with Crippen LogP contribution in [-0.2, 0) is 14.8 Å². The second-order valence-electron chi connectivity index (χ2n) is 5.85. The first-order valence-corrected chi connectivity index (χ1v) is 9.83. The molecule has 2 fully saturated rings. The smallest absolute Gasteiger partial charge is 0.250 e. The van der Waals surface area contributed by atoms with E-state index in [2.05, 4.69) is 4.72 Å². The molecule has 122 valence electrons. The zero-order chi connectivity index (χ0) is 15.9. The predicted octanol–water partition coefficient (Wildman–Crippen LogP) is 0.876. The highest BCUT2D eigenvalue weighted by Crippen LogP contribution is 2.37. The number of halogens is 1. The third-order valence-corrected chi connectivity index (χ3v) is 7.62. The van der Waals surface area contributed by atoms with E-state index in [4.69, 9.17) is 17.3 Å². The van der Waals surface area contributed by atoms with Crippen molar-refractivity contribution in [1.82, 2.24) is 9.62 Å². The Morgan fingerprint density at radius 3 is 2.82 bits per heavy atom. The highest BCUT2D eigenvalue weighted by Gasteiger charge is 2.42. The number of nitrogens with one attached hydrogen (secondary N) is 1. The first kappa shape index (κ1) is 16.2. The molecular weight excluding hydrogens is 346 g/mol. The van der Waals surface area contributed by atoms with Crippen LogP contribution in [0.1, 0.15) is 12.8 Å². The van der Waals surface area contributed by atoms with Gasteiger partial charge in [0.05, 0.1) is 10.9 Å². The largest absolute Gasteiger partial charge is 0.341 e. The van der Waals surface area contributed by atoms with Crippen molar-refractivity contribution in [3.8, 4) is 0 Å². The molecule has 0 spiro atoms. The Bertz CT molecular complexity index is 676. The summed E-state index contributed by atoms with van der Waals surface area (Å²) in [6, 6.07) is 3.11. The summed E-state index contributed by atoms with van der Waals surface area (Å²) in [5.41, 5.74) is 6.04. The molecule has 22 heavy (non-hydrogen) atoms. The molecular formula is C13H18ClN3O3S2. The molecule has 6 nitrogen and oxygen atoms in total. The number of thiophene rings is 1. The van der Waals surface area contributed by atoms with Crippen molar-refractivity contribution in [2.45, 2.75) is 23.1 Å². The maximum atomic E-state index is 12.2. The molecule has 3 atom stereocenters. The van der Waals surface area contributed by atoms with Gasteiger partial charge in [-0.2, -0.15) is 0 Å². The Hall–Kier alpha value is -0.670. The van der Waals surface area contributed by atoms with Crippen LogP contribution in [0, 0.1) is 11.8 Å². The number of fused-ring (bicyclic) bond motifs is 1. The van der Waals surface area contributed by atoms with Crippen molar-refractivity contribution >= 4 is 38.9 Å². The van der Waals surface area contributed by atoms with Gasteiger partial charge in [0.1, 0.15) is 4.21 Å². The molecule has 1 aliphatic heterocycles. The average molecular weight is 364 g/mol. The van der Waals surface area contributed by atoms with Gasteiger partial charge in [0.25, 0.3) is 10.0 Å². The molecule has 3 N–H and O–H groups in total. The number of nitrogens with zero attached hydrogens (tertiary/aromatic N) is 1. The molecule has 2 aliphatic rings. The van der Waals surface area contributed by atoms with Gasteiger partial charge < -0.3 is 10.6 Å². The van der Waals surface area contributed by atoms with E-state index in [9.17, 15) is 13.2 Å². The number of amides is 1. The summed E-state index contributed by atoms with van der Waals surface area (Å²) in [6.07, 6.45) is 2.07. The van der Waals surface area contributed by atoms with Crippen molar-refractivity contribution in [1.29, 1.82) is 0 Å². The minimum atomic E-state index is -3.68. The van der Waals surface area contributed by atoms with Crippen LogP contribution in [0.5, 0.6) is 0 Å². The Kier molecular flexibility index (Phi) is 4.48. The number of carbonyl (C=O) groups excluding carboxylic acids is 1. The summed E-state index contributed by atoms with van der Waals surface area (Å²) >= 11 is 6.71. The molecule has 0 radical (unpaired) electrons. The summed E-state index contributed by atoms with van der Waals surface area (Å²) in [4.78, 5) is 13.9. The van der Waals surface area contributed by atoms with Gasteiger partial charge >= 0.3 is 0 Å². The number of nitrogens with two attached hydrogens (primary N) is 1. The fraction of sp³-hybridized carbons (Fsp3) is 0.615. The Balaban J connectivity index is 1.57. The molecule has 0 aromatic carbocycles. The van der Waals surface area contributed by atoms with Crippen molar-refractivity contribution in [3.63, 3.8) is 0 Å². The van der Waals surface area contributed by atoms with E-state index >= 15 is 0 Å². The molecule has 1 aliphatic carbocycles. The van der Waals surface area contributed by atoms with Crippen molar-refractivity contribution in [2.24, 2.45) is 17.6 Å². The summed E-state index contributed by atoms with van der Waals surface area (Å²) in [5.74, 6) is 0.621. The van der Waals surface area contributed by atoms with Crippen LogP contribution >= 0.6 is 22.9 Å². The van der Waals surface area contributed by atoms with Gasteiger partial charge in [-0.15, -0.1) is 11.3 Å². The number of hydrogen-bond acceptors (Lipinski definition) is 5. The summed E-state index contributed by atoms with van der Waals surface area (Å²) < 4.78 is 27.0. The quantitative estimate of drug-likeness (QED) is 0.830. The van der Waals surface area contributed by atoms with E-state index < -0.39 is 10.0 Å². The van der Waals surface area contributed by atoms with Crippen LogP contribution in [0.15, 0.2) is 16.3 Å². The topological polar surface area (TPSA) is 92.5 Å². The normalized spacial score (nSPS) is 28.1. The van der Waals surface area contributed by atoms with Gasteiger partial charge in [0, 0.05) is 19.1 Å². The van der Waals surface area contributed by atoms with E-state index in [0.29, 0.717) is 29.3 Å². The highest BCUT2D eigenvalue weighted by molar-refractivity contribution is 7.91. The maximum absolute atomic E-state index is 12.2. The van der Waals surface area contributed by atoms with E-state index in [-0.39, 0.29) is 22.7 Å². The lowest BCUT2D eigenvalue weighted by Crippen LogP contribution is -2.40. The second-order valence-corrected chi connectivity index (χ2v) is 9.56. The molecule has 3 rings (SSSR count). The van der Waals surface area contributed by atoms with Gasteiger partial charge in [-0.05, 0) is 36.8 Å². The summed E-state index contributed by atoms with van der Waals surface area (Å²) in [5, 5.41) is 0. The predicted molar refractivity (Wildman–Crippen MR) is 85.3 cm³/mol. The first-order chi connectivity index (χ1) is 10.4. The summed E-state index contributed by atoms with van der Waals surface area (Å²) in [6.45, 7) is 1.09. The lowest BCUT2D eigenvalue weighted by atomic mass is 9.98. The van der Waals surface area contributed by atoms with Gasteiger partial charge in [-0.1, -0.05) is 11.6 Å². The van der Waals surface area contributed by atoms with Crippen LogP contribution in [-0.4, -0.2) is 44.9 Å². The third-order valence-electron chi connectivity index (χ3n) is 4.49. The van der Waals surface area contributed by atoms with Crippen molar-refractivity contribution in [2.75, 3.05) is 19.6 Å². The van der Waals surface area contributed by atoms with Crippen LogP contribution in [0.25, 0.3) is 0 Å². The molecule has 1 aromatic rings. The van der Waals surface area contributed by atoms with Crippen molar-refractivity contribution < 1.29 is 13.2 Å². The van der Waals surface area contributed by atoms with E-state index in [0.717, 1.165) is 24.2 Å². The highest BCUT2D eigenvalue weighted by atomic mass is 35.5. The lowest BCUT2D eigenvalue weighted by Gasteiger charge is -2.18. The van der Waals surface area contributed by atoms with Crippen molar-refractivity contribution in [3.05, 3.63) is 16.5 Å². The Labute approximate surface area is 138 Å². The molecule has 9 heteroatoms. The average Bonchev–Trinajstić information content (AvgIpc) is 3.14. The molecule has 0 bridgehead atoms. The molecule has 1 saturated heterocycles. The lowest BCUT2D eigenvalue weighted by molar-refractivity contribution is -0.129. The van der Waals surface area contributed by atoms with E-state index in [1.165, 1.54) is 12.1 Å². The number of likely N-dealkylation sites (tertiary alicyclic amines) is 1. The SMILES string of the molecule is NC1CCC2CN(C(=O)CNS(=O)(=O)c3ccc(Cl)s3)CC12. The monoisotopic (exact) mass is 363 g/mol. The first-order valence-electron chi connectivity index (χ1n) is 7.15. The van der Waals surface area contributed by atoms with Crippen LogP contribution in [0.4, 0.5) is 0 Å². The van der Waals surface area contributed by atoms with Crippen LogP contribution in [0.2, 0.25) is 4.34 Å². The number of sulfonamides is 1. The van der Waals surface area contributed by atoms with Crippen LogP contribution in [0.3, 0.4) is 0 Å². The fourth-order valence-electron chi connectivity index (χ4n) is 3.29. The molecule has 3 unspecified atom stereocenters. The van der Waals surface area contributed by atoms with Gasteiger partial charge in [0.2, 0.25) is 5.91 Å². The van der Waals surface area contributed by atoms with Gasteiger partial charge in [-0.3, -0.25) is 4.79 Å². The zero-order valence-corrected chi connectivity index (χ0v) is 14.3.